The Balaban J connectivity index is 1.86. The molecule has 5 nitrogen and oxygen atoms in total. The number of methoxy groups -OCH3 is 2. The zero-order chi connectivity index (χ0) is 18.4. The molecular weight excluding hydrogens is 370 g/mol. The average molecular weight is 390 g/mol. The summed E-state index contributed by atoms with van der Waals surface area (Å²) in [5.41, 5.74) is 2.18. The van der Waals surface area contributed by atoms with Crippen molar-refractivity contribution >= 4 is 23.4 Å². The summed E-state index contributed by atoms with van der Waals surface area (Å²) in [5.74, 6) is 1.57. The standard InChI is InChI=1S/C19H20ClN3O2S/c1-24-17(25-2)12-23-18(15-6-4-3-5-7-15)21-22-19(23)26-13-14-8-10-16(20)11-9-14/h3-11,17H,12-13H2,1-2H3. The Kier molecular flexibility index (Phi) is 6.68. The third-order valence-corrected chi connectivity index (χ3v) is 5.18. The third-order valence-electron chi connectivity index (χ3n) is 3.89. The van der Waals surface area contributed by atoms with E-state index < -0.39 is 0 Å². The van der Waals surface area contributed by atoms with Gasteiger partial charge in [0.25, 0.3) is 0 Å². The van der Waals surface area contributed by atoms with Gasteiger partial charge in [-0.25, -0.2) is 0 Å². The van der Waals surface area contributed by atoms with Gasteiger partial charge in [0.05, 0.1) is 6.54 Å². The number of aromatic nitrogens is 3. The Labute approximate surface area is 162 Å². The van der Waals surface area contributed by atoms with Crippen LogP contribution in [0.5, 0.6) is 0 Å². The highest BCUT2D eigenvalue weighted by Crippen LogP contribution is 2.27. The number of hydrogen-bond acceptors (Lipinski definition) is 5. The van der Waals surface area contributed by atoms with Crippen molar-refractivity contribution < 1.29 is 9.47 Å². The van der Waals surface area contributed by atoms with Gasteiger partial charge in [-0.2, -0.15) is 0 Å². The topological polar surface area (TPSA) is 49.2 Å². The van der Waals surface area contributed by atoms with Gasteiger partial charge in [-0.3, -0.25) is 4.57 Å². The van der Waals surface area contributed by atoms with E-state index in [1.807, 2.05) is 59.2 Å². The third kappa shape index (κ3) is 4.65. The summed E-state index contributed by atoms with van der Waals surface area (Å²) >= 11 is 7.57. The van der Waals surface area contributed by atoms with E-state index in [4.69, 9.17) is 21.1 Å². The maximum atomic E-state index is 5.95. The van der Waals surface area contributed by atoms with Crippen molar-refractivity contribution in [2.75, 3.05) is 14.2 Å². The lowest BCUT2D eigenvalue weighted by Crippen LogP contribution is -2.21. The van der Waals surface area contributed by atoms with Gasteiger partial charge >= 0.3 is 0 Å². The molecule has 2 aromatic carbocycles. The Morgan fingerprint density at radius 2 is 1.69 bits per heavy atom. The molecule has 26 heavy (non-hydrogen) atoms. The molecule has 3 rings (SSSR count). The quantitative estimate of drug-likeness (QED) is 0.419. The predicted molar refractivity (Wildman–Crippen MR) is 104 cm³/mol. The van der Waals surface area contributed by atoms with Crippen molar-refractivity contribution in [3.05, 3.63) is 65.2 Å². The zero-order valence-electron chi connectivity index (χ0n) is 14.6. The molecule has 3 aromatic rings. The van der Waals surface area contributed by atoms with Crippen LogP contribution in [0.15, 0.2) is 59.8 Å². The number of thioether (sulfide) groups is 1. The summed E-state index contributed by atoms with van der Waals surface area (Å²) in [6, 6.07) is 17.8. The van der Waals surface area contributed by atoms with E-state index in [0.717, 1.165) is 27.3 Å². The van der Waals surface area contributed by atoms with E-state index in [9.17, 15) is 0 Å². The van der Waals surface area contributed by atoms with Crippen LogP contribution in [0.2, 0.25) is 5.02 Å². The van der Waals surface area contributed by atoms with Crippen molar-refractivity contribution in [2.45, 2.75) is 23.7 Å². The lowest BCUT2D eigenvalue weighted by atomic mass is 10.2. The fourth-order valence-electron chi connectivity index (χ4n) is 2.48. The van der Waals surface area contributed by atoms with E-state index in [2.05, 4.69) is 10.2 Å². The largest absolute Gasteiger partial charge is 0.354 e. The zero-order valence-corrected chi connectivity index (χ0v) is 16.2. The van der Waals surface area contributed by atoms with Gasteiger partial charge in [0.15, 0.2) is 17.3 Å². The Morgan fingerprint density at radius 3 is 2.35 bits per heavy atom. The second kappa shape index (κ2) is 9.19. The number of benzene rings is 2. The van der Waals surface area contributed by atoms with Crippen LogP contribution in [-0.2, 0) is 21.8 Å². The van der Waals surface area contributed by atoms with Crippen molar-refractivity contribution in [3.63, 3.8) is 0 Å². The predicted octanol–water partition coefficient (Wildman–Crippen LogP) is 4.51. The molecule has 0 atom stereocenters. The van der Waals surface area contributed by atoms with Crippen LogP contribution in [0, 0.1) is 0 Å². The molecule has 0 bridgehead atoms. The molecule has 0 aliphatic carbocycles. The lowest BCUT2D eigenvalue weighted by Gasteiger charge is -2.17. The summed E-state index contributed by atoms with van der Waals surface area (Å²) in [7, 11) is 3.25. The Hall–Kier alpha value is -1.86. The number of nitrogens with zero attached hydrogens (tertiary/aromatic N) is 3. The first-order chi connectivity index (χ1) is 12.7. The molecule has 0 saturated carbocycles. The molecule has 0 N–H and O–H groups in total. The van der Waals surface area contributed by atoms with Gasteiger partial charge in [-0.1, -0.05) is 65.8 Å². The molecule has 7 heteroatoms. The molecule has 0 fully saturated rings. The summed E-state index contributed by atoms with van der Waals surface area (Å²) in [5, 5.41) is 10.3. The maximum Gasteiger partial charge on any atom is 0.191 e. The molecule has 1 aromatic heterocycles. The number of hydrogen-bond donors (Lipinski definition) is 0. The number of rotatable bonds is 8. The highest BCUT2D eigenvalue weighted by molar-refractivity contribution is 7.98. The monoisotopic (exact) mass is 389 g/mol. The van der Waals surface area contributed by atoms with Gasteiger partial charge in [0.1, 0.15) is 0 Å². The molecule has 136 valence electrons. The van der Waals surface area contributed by atoms with E-state index in [-0.39, 0.29) is 6.29 Å². The summed E-state index contributed by atoms with van der Waals surface area (Å²) in [6.45, 7) is 0.507. The molecule has 0 amide bonds. The van der Waals surface area contributed by atoms with Gasteiger partial charge < -0.3 is 9.47 Å². The van der Waals surface area contributed by atoms with Gasteiger partial charge in [0.2, 0.25) is 0 Å². The van der Waals surface area contributed by atoms with Crippen molar-refractivity contribution in [3.8, 4) is 11.4 Å². The van der Waals surface area contributed by atoms with E-state index in [1.54, 1.807) is 26.0 Å². The Morgan fingerprint density at radius 1 is 1.00 bits per heavy atom. The van der Waals surface area contributed by atoms with Crippen LogP contribution in [0.4, 0.5) is 0 Å². The lowest BCUT2D eigenvalue weighted by molar-refractivity contribution is -0.111. The van der Waals surface area contributed by atoms with Crippen molar-refractivity contribution in [1.29, 1.82) is 0 Å². The maximum absolute atomic E-state index is 5.95. The molecule has 0 spiro atoms. The van der Waals surface area contributed by atoms with E-state index >= 15 is 0 Å². The van der Waals surface area contributed by atoms with Crippen LogP contribution in [0.25, 0.3) is 11.4 Å². The molecule has 0 aliphatic rings. The minimum absolute atomic E-state index is 0.372. The number of ether oxygens (including phenoxy) is 2. The first-order valence-corrected chi connectivity index (χ1v) is 9.49. The van der Waals surface area contributed by atoms with Crippen LogP contribution in [0.1, 0.15) is 5.56 Å². The molecule has 0 radical (unpaired) electrons. The highest BCUT2D eigenvalue weighted by Gasteiger charge is 2.18. The molecule has 0 saturated heterocycles. The summed E-state index contributed by atoms with van der Waals surface area (Å²) < 4.78 is 12.8. The fourth-order valence-corrected chi connectivity index (χ4v) is 3.51. The average Bonchev–Trinajstić information content (AvgIpc) is 3.08. The van der Waals surface area contributed by atoms with Gasteiger partial charge in [0, 0.05) is 30.6 Å². The SMILES string of the molecule is COC(Cn1c(SCc2ccc(Cl)cc2)nnc1-c1ccccc1)OC. The molecular formula is C19H20ClN3O2S. The summed E-state index contributed by atoms with van der Waals surface area (Å²) in [6.07, 6.45) is -0.372. The highest BCUT2D eigenvalue weighted by atomic mass is 35.5. The second-order valence-corrected chi connectivity index (χ2v) is 6.98. The Bertz CT molecular complexity index is 821. The van der Waals surface area contributed by atoms with Crippen molar-refractivity contribution in [2.24, 2.45) is 0 Å². The van der Waals surface area contributed by atoms with Crippen LogP contribution in [0.3, 0.4) is 0 Å². The molecule has 1 heterocycles. The second-order valence-electron chi connectivity index (χ2n) is 5.60. The van der Waals surface area contributed by atoms with Crippen LogP contribution >= 0.6 is 23.4 Å². The minimum Gasteiger partial charge on any atom is -0.354 e. The van der Waals surface area contributed by atoms with Crippen LogP contribution < -0.4 is 0 Å². The summed E-state index contributed by atoms with van der Waals surface area (Å²) in [4.78, 5) is 0. The van der Waals surface area contributed by atoms with Crippen molar-refractivity contribution in [1.82, 2.24) is 14.8 Å². The first-order valence-electron chi connectivity index (χ1n) is 8.12. The molecule has 0 unspecified atom stereocenters. The first kappa shape index (κ1) is 18.9. The van der Waals surface area contributed by atoms with Crippen LogP contribution in [-0.4, -0.2) is 35.3 Å². The minimum atomic E-state index is -0.372. The van der Waals surface area contributed by atoms with E-state index in [0.29, 0.717) is 6.54 Å². The number of halogens is 1. The van der Waals surface area contributed by atoms with Gasteiger partial charge in [-0.05, 0) is 17.7 Å². The van der Waals surface area contributed by atoms with Gasteiger partial charge in [-0.15, -0.1) is 10.2 Å². The molecule has 0 aliphatic heterocycles. The fraction of sp³-hybridized carbons (Fsp3) is 0.263. The van der Waals surface area contributed by atoms with E-state index in [1.165, 1.54) is 5.56 Å². The smallest absolute Gasteiger partial charge is 0.191 e. The normalized spacial score (nSPS) is 11.2.